The fraction of sp³-hybridized carbons (Fsp3) is 0.250. The van der Waals surface area contributed by atoms with Crippen LogP contribution in [0.5, 0.6) is 5.75 Å². The second-order valence-electron chi connectivity index (χ2n) is 4.09. The van der Waals surface area contributed by atoms with E-state index in [2.05, 4.69) is 10.6 Å². The number of carbonyl (C=O) groups is 3. The number of carbonyl (C=O) groups excluding carboxylic acids is 2. The molecule has 0 radical (unpaired) electrons. The van der Waals surface area contributed by atoms with Crippen LogP contribution in [0.1, 0.15) is 10.4 Å². The molecule has 1 aliphatic heterocycles. The van der Waals surface area contributed by atoms with Crippen LogP contribution in [0.3, 0.4) is 0 Å². The van der Waals surface area contributed by atoms with E-state index in [0.717, 1.165) is 0 Å². The molecule has 0 spiro atoms. The van der Waals surface area contributed by atoms with Crippen molar-refractivity contribution in [1.29, 1.82) is 0 Å². The molecule has 8 heteroatoms. The number of aliphatic hydroxyl groups is 1. The van der Waals surface area contributed by atoms with Gasteiger partial charge in [0.1, 0.15) is 5.75 Å². The molecule has 0 aliphatic carbocycles. The van der Waals surface area contributed by atoms with Gasteiger partial charge in [-0.3, -0.25) is 9.59 Å². The summed E-state index contributed by atoms with van der Waals surface area (Å²) < 4.78 is 5.13. The summed E-state index contributed by atoms with van der Waals surface area (Å²) in [6, 6.07) is 2.92. The van der Waals surface area contributed by atoms with Crippen molar-refractivity contribution in [2.75, 3.05) is 18.5 Å². The third kappa shape index (κ3) is 2.86. The Balaban J connectivity index is 2.17. The van der Waals surface area contributed by atoms with Crippen molar-refractivity contribution < 1.29 is 29.3 Å². The molecule has 0 aromatic heterocycles. The van der Waals surface area contributed by atoms with Crippen LogP contribution in [0.4, 0.5) is 5.69 Å². The predicted molar refractivity (Wildman–Crippen MR) is 66.5 cm³/mol. The van der Waals surface area contributed by atoms with E-state index in [1.807, 2.05) is 0 Å². The largest absolute Gasteiger partial charge is 0.482 e. The van der Waals surface area contributed by atoms with Gasteiger partial charge in [-0.15, -0.1) is 0 Å². The molecule has 20 heavy (non-hydrogen) atoms. The Morgan fingerprint density at radius 3 is 2.85 bits per heavy atom. The molecule has 1 unspecified atom stereocenters. The fourth-order valence-electron chi connectivity index (χ4n) is 1.65. The third-order valence-electron chi connectivity index (χ3n) is 2.66. The summed E-state index contributed by atoms with van der Waals surface area (Å²) in [4.78, 5) is 33.7. The number of aliphatic hydroxyl groups excluding tert-OH is 1. The molecule has 106 valence electrons. The van der Waals surface area contributed by atoms with Crippen LogP contribution >= 0.6 is 0 Å². The molecule has 2 amide bonds. The first kappa shape index (κ1) is 13.8. The van der Waals surface area contributed by atoms with Crippen LogP contribution in [0.25, 0.3) is 0 Å². The Bertz CT molecular complexity index is 571. The lowest BCUT2D eigenvalue weighted by atomic mass is 10.1. The van der Waals surface area contributed by atoms with Crippen LogP contribution in [-0.2, 0) is 9.59 Å². The van der Waals surface area contributed by atoms with E-state index in [0.29, 0.717) is 11.4 Å². The molecular weight excluding hydrogens is 268 g/mol. The zero-order valence-electron chi connectivity index (χ0n) is 10.3. The van der Waals surface area contributed by atoms with Gasteiger partial charge < -0.3 is 25.6 Å². The molecule has 8 nitrogen and oxygen atoms in total. The molecule has 1 heterocycles. The van der Waals surface area contributed by atoms with Gasteiger partial charge in [-0.05, 0) is 18.2 Å². The summed E-state index contributed by atoms with van der Waals surface area (Å²) in [7, 11) is 0. The molecule has 1 aromatic rings. The highest BCUT2D eigenvalue weighted by molar-refractivity contribution is 6.00. The zero-order chi connectivity index (χ0) is 14.7. The summed E-state index contributed by atoms with van der Waals surface area (Å²) in [6.45, 7) is -0.810. The summed E-state index contributed by atoms with van der Waals surface area (Å²) in [5.74, 6) is -1.92. The Morgan fingerprint density at radius 2 is 2.20 bits per heavy atom. The number of anilines is 1. The van der Waals surface area contributed by atoms with Crippen molar-refractivity contribution in [3.05, 3.63) is 23.8 Å². The van der Waals surface area contributed by atoms with Gasteiger partial charge in [0.2, 0.25) is 0 Å². The van der Waals surface area contributed by atoms with Crippen molar-refractivity contribution in [2.24, 2.45) is 0 Å². The molecule has 0 fully saturated rings. The SMILES string of the molecule is O=C1COc2ccc(C(=O)NC(CO)C(=O)O)cc2N1. The molecular formula is C12H12N2O6. The van der Waals surface area contributed by atoms with Crippen molar-refractivity contribution in [3.8, 4) is 5.75 Å². The molecule has 2 rings (SSSR count). The number of hydrogen-bond acceptors (Lipinski definition) is 5. The average Bonchev–Trinajstić information content (AvgIpc) is 2.43. The van der Waals surface area contributed by atoms with Gasteiger partial charge >= 0.3 is 5.97 Å². The van der Waals surface area contributed by atoms with Crippen LogP contribution < -0.4 is 15.4 Å². The number of benzene rings is 1. The van der Waals surface area contributed by atoms with Crippen molar-refractivity contribution in [3.63, 3.8) is 0 Å². The van der Waals surface area contributed by atoms with Gasteiger partial charge in [0.05, 0.1) is 12.3 Å². The predicted octanol–water partition coefficient (Wildman–Crippen LogP) is -0.807. The first-order valence-corrected chi connectivity index (χ1v) is 5.72. The van der Waals surface area contributed by atoms with Crippen molar-refractivity contribution >= 4 is 23.5 Å². The second kappa shape index (κ2) is 5.57. The van der Waals surface area contributed by atoms with E-state index >= 15 is 0 Å². The number of ether oxygens (including phenoxy) is 1. The van der Waals surface area contributed by atoms with Gasteiger partial charge in [-0.2, -0.15) is 0 Å². The minimum Gasteiger partial charge on any atom is -0.482 e. The number of nitrogens with one attached hydrogen (secondary N) is 2. The van der Waals surface area contributed by atoms with E-state index < -0.39 is 24.5 Å². The molecule has 0 saturated carbocycles. The monoisotopic (exact) mass is 280 g/mol. The van der Waals surface area contributed by atoms with Crippen LogP contribution in [-0.4, -0.2) is 47.3 Å². The third-order valence-corrected chi connectivity index (χ3v) is 2.66. The highest BCUT2D eigenvalue weighted by Gasteiger charge is 2.22. The Kier molecular flexibility index (Phi) is 3.85. The lowest BCUT2D eigenvalue weighted by Gasteiger charge is -2.18. The molecule has 1 aromatic carbocycles. The summed E-state index contributed by atoms with van der Waals surface area (Å²) >= 11 is 0. The highest BCUT2D eigenvalue weighted by Crippen LogP contribution is 2.28. The first-order valence-electron chi connectivity index (χ1n) is 5.72. The number of hydrogen-bond donors (Lipinski definition) is 4. The summed E-state index contributed by atoms with van der Waals surface area (Å²) in [6.07, 6.45) is 0. The second-order valence-corrected chi connectivity index (χ2v) is 4.09. The fourth-order valence-corrected chi connectivity index (χ4v) is 1.65. The lowest BCUT2D eigenvalue weighted by molar-refractivity contribution is -0.140. The maximum absolute atomic E-state index is 11.8. The number of carboxylic acid groups (broad SMARTS) is 1. The van der Waals surface area contributed by atoms with Gasteiger partial charge in [0.25, 0.3) is 11.8 Å². The normalized spacial score (nSPS) is 14.6. The lowest BCUT2D eigenvalue weighted by Crippen LogP contribution is -2.43. The van der Waals surface area contributed by atoms with Gasteiger partial charge in [0.15, 0.2) is 12.6 Å². The maximum atomic E-state index is 11.8. The summed E-state index contributed by atoms with van der Waals surface area (Å²) in [5.41, 5.74) is 0.485. The minimum atomic E-state index is -1.38. The van der Waals surface area contributed by atoms with E-state index in [9.17, 15) is 14.4 Å². The number of amides is 2. The number of carboxylic acids is 1. The Morgan fingerprint density at radius 1 is 1.45 bits per heavy atom. The van der Waals surface area contributed by atoms with Gasteiger partial charge in [-0.25, -0.2) is 4.79 Å². The molecule has 0 saturated heterocycles. The number of aliphatic carboxylic acids is 1. The van der Waals surface area contributed by atoms with Crippen molar-refractivity contribution in [1.82, 2.24) is 5.32 Å². The standard InChI is InChI=1S/C12H12N2O6/c15-4-8(12(18)19)14-11(17)6-1-2-9-7(3-6)13-10(16)5-20-9/h1-3,8,15H,4-5H2,(H,13,16)(H,14,17)(H,18,19). The topological polar surface area (TPSA) is 125 Å². The average molecular weight is 280 g/mol. The summed E-state index contributed by atoms with van der Waals surface area (Å²) in [5, 5.41) is 22.3. The first-order chi connectivity index (χ1) is 9.51. The van der Waals surface area contributed by atoms with E-state index in [1.54, 1.807) is 0 Å². The minimum absolute atomic E-state index is 0.0931. The number of fused-ring (bicyclic) bond motifs is 1. The number of rotatable bonds is 4. The van der Waals surface area contributed by atoms with Crippen LogP contribution in [0.2, 0.25) is 0 Å². The van der Waals surface area contributed by atoms with Gasteiger partial charge in [0, 0.05) is 5.56 Å². The molecule has 0 bridgehead atoms. The zero-order valence-corrected chi connectivity index (χ0v) is 10.3. The quantitative estimate of drug-likeness (QED) is 0.572. The molecule has 4 N–H and O–H groups in total. The maximum Gasteiger partial charge on any atom is 0.328 e. The molecule has 1 aliphatic rings. The van der Waals surface area contributed by atoms with Crippen molar-refractivity contribution in [2.45, 2.75) is 6.04 Å². The Labute approximate surface area is 113 Å². The van der Waals surface area contributed by atoms with Crippen LogP contribution in [0.15, 0.2) is 18.2 Å². The highest BCUT2D eigenvalue weighted by atomic mass is 16.5. The van der Waals surface area contributed by atoms with Gasteiger partial charge in [-0.1, -0.05) is 0 Å². The van der Waals surface area contributed by atoms with E-state index in [1.165, 1.54) is 18.2 Å². The molecule has 1 atom stereocenters. The Hall–Kier alpha value is -2.61. The van der Waals surface area contributed by atoms with E-state index in [-0.39, 0.29) is 18.1 Å². The smallest absolute Gasteiger partial charge is 0.328 e. The van der Waals surface area contributed by atoms with E-state index in [4.69, 9.17) is 14.9 Å². The van der Waals surface area contributed by atoms with Crippen LogP contribution in [0, 0.1) is 0 Å².